The van der Waals surface area contributed by atoms with Crippen LogP contribution in [0.15, 0.2) is 24.3 Å². The smallest absolute Gasteiger partial charge is 0.308 e. The maximum atomic E-state index is 12.3. The zero-order valence-electron chi connectivity index (χ0n) is 12.1. The highest BCUT2D eigenvalue weighted by Crippen LogP contribution is 2.30. The van der Waals surface area contributed by atoms with E-state index in [1.165, 1.54) is 0 Å². The number of carboxylic acids is 1. The molecule has 2 N–H and O–H groups in total. The van der Waals surface area contributed by atoms with Crippen LogP contribution in [0.3, 0.4) is 0 Å². The maximum absolute atomic E-state index is 12.3. The number of nitrogens with one attached hydrogen (secondary N) is 1. The summed E-state index contributed by atoms with van der Waals surface area (Å²) in [5.74, 6) is -1.32. The van der Waals surface area contributed by atoms with E-state index in [1.807, 2.05) is 0 Å². The van der Waals surface area contributed by atoms with Gasteiger partial charge < -0.3 is 15.3 Å². The normalized spacial score (nSPS) is 20.7. The van der Waals surface area contributed by atoms with E-state index in [0.717, 1.165) is 12.8 Å². The summed E-state index contributed by atoms with van der Waals surface area (Å²) < 4.78 is 0. The third-order valence-corrected chi connectivity index (χ3v) is 4.17. The third kappa shape index (κ3) is 3.10. The van der Waals surface area contributed by atoms with Crippen LogP contribution in [-0.2, 0) is 9.59 Å². The number of aliphatic carboxylic acids is 1. The van der Waals surface area contributed by atoms with Crippen molar-refractivity contribution in [1.29, 1.82) is 0 Å². The first-order chi connectivity index (χ1) is 10.5. The minimum atomic E-state index is -0.853. The van der Waals surface area contributed by atoms with Gasteiger partial charge in [-0.05, 0) is 43.5 Å². The molecule has 0 radical (unpaired) electrons. The van der Waals surface area contributed by atoms with E-state index in [0.29, 0.717) is 24.2 Å². The second-order valence-corrected chi connectivity index (χ2v) is 5.92. The molecule has 1 aromatic carbocycles. The van der Waals surface area contributed by atoms with Gasteiger partial charge in [-0.3, -0.25) is 14.4 Å². The summed E-state index contributed by atoms with van der Waals surface area (Å²) in [6, 6.07) is 6.74. The Kier molecular flexibility index (Phi) is 3.83. The van der Waals surface area contributed by atoms with E-state index in [2.05, 4.69) is 5.32 Å². The van der Waals surface area contributed by atoms with Gasteiger partial charge in [0.15, 0.2) is 0 Å². The van der Waals surface area contributed by atoms with Crippen molar-refractivity contribution in [3.63, 3.8) is 0 Å². The van der Waals surface area contributed by atoms with Gasteiger partial charge in [-0.25, -0.2) is 0 Å². The molecule has 116 valence electrons. The highest BCUT2D eigenvalue weighted by Gasteiger charge is 2.31. The van der Waals surface area contributed by atoms with Gasteiger partial charge in [0, 0.05) is 30.3 Å². The lowest BCUT2D eigenvalue weighted by atomic mass is 10.1. The molecular formula is C16H18N2O4. The molecule has 1 atom stereocenters. The second kappa shape index (κ2) is 5.79. The summed E-state index contributed by atoms with van der Waals surface area (Å²) >= 11 is 0. The van der Waals surface area contributed by atoms with Crippen molar-refractivity contribution in [2.75, 3.05) is 18.4 Å². The molecule has 0 aromatic heterocycles. The Morgan fingerprint density at radius 3 is 2.27 bits per heavy atom. The molecule has 1 aromatic rings. The number of rotatable bonds is 4. The Hall–Kier alpha value is -2.37. The Bertz CT molecular complexity index is 607. The third-order valence-electron chi connectivity index (χ3n) is 4.17. The minimum Gasteiger partial charge on any atom is -0.481 e. The number of carbonyl (C=O) groups excluding carboxylic acids is 2. The lowest BCUT2D eigenvalue weighted by molar-refractivity contribution is -0.141. The van der Waals surface area contributed by atoms with Crippen LogP contribution < -0.4 is 5.32 Å². The van der Waals surface area contributed by atoms with Gasteiger partial charge in [-0.15, -0.1) is 0 Å². The molecular weight excluding hydrogens is 284 g/mol. The number of amides is 2. The molecule has 6 heteroatoms. The van der Waals surface area contributed by atoms with Crippen LogP contribution in [0.2, 0.25) is 0 Å². The van der Waals surface area contributed by atoms with Gasteiger partial charge in [-0.1, -0.05) is 0 Å². The highest BCUT2D eigenvalue weighted by molar-refractivity contribution is 5.97. The Balaban J connectivity index is 1.61. The van der Waals surface area contributed by atoms with E-state index in [4.69, 9.17) is 5.11 Å². The molecule has 0 spiro atoms. The second-order valence-electron chi connectivity index (χ2n) is 5.92. The molecule has 2 fully saturated rings. The quantitative estimate of drug-likeness (QED) is 0.884. The summed E-state index contributed by atoms with van der Waals surface area (Å²) in [5, 5.41) is 11.8. The first kappa shape index (κ1) is 14.6. The summed E-state index contributed by atoms with van der Waals surface area (Å²) in [6.07, 6.45) is 2.39. The van der Waals surface area contributed by atoms with Crippen LogP contribution in [0.1, 0.15) is 29.6 Å². The van der Waals surface area contributed by atoms with Crippen molar-refractivity contribution in [2.45, 2.75) is 19.3 Å². The first-order valence-corrected chi connectivity index (χ1v) is 7.47. The molecule has 0 bridgehead atoms. The van der Waals surface area contributed by atoms with Crippen LogP contribution in [0.5, 0.6) is 0 Å². The largest absolute Gasteiger partial charge is 0.481 e. The van der Waals surface area contributed by atoms with Gasteiger partial charge in [0.05, 0.1) is 5.92 Å². The standard InChI is InChI=1S/C16H18N2O4/c19-14(10-1-2-10)17-13-5-3-11(4-6-13)15(20)18-8-7-12(9-18)16(21)22/h3-6,10,12H,1-2,7-9H2,(H,17,19)(H,21,22). The van der Waals surface area contributed by atoms with Gasteiger partial charge in [0.2, 0.25) is 5.91 Å². The number of anilines is 1. The number of carbonyl (C=O) groups is 3. The summed E-state index contributed by atoms with van der Waals surface area (Å²) in [6.45, 7) is 0.726. The number of carboxylic acid groups (broad SMARTS) is 1. The average Bonchev–Trinajstić information content (AvgIpc) is 3.24. The Labute approximate surface area is 128 Å². The predicted molar refractivity (Wildman–Crippen MR) is 79.4 cm³/mol. The topological polar surface area (TPSA) is 86.7 Å². The molecule has 3 rings (SSSR count). The highest BCUT2D eigenvalue weighted by atomic mass is 16.4. The zero-order valence-corrected chi connectivity index (χ0v) is 12.1. The van der Waals surface area contributed by atoms with Crippen LogP contribution in [0.4, 0.5) is 5.69 Å². The fourth-order valence-electron chi connectivity index (χ4n) is 2.61. The number of nitrogens with zero attached hydrogens (tertiary/aromatic N) is 1. The molecule has 1 aliphatic heterocycles. The Morgan fingerprint density at radius 2 is 1.73 bits per heavy atom. The molecule has 22 heavy (non-hydrogen) atoms. The minimum absolute atomic E-state index is 0.0305. The monoisotopic (exact) mass is 302 g/mol. The SMILES string of the molecule is O=C(O)C1CCN(C(=O)c2ccc(NC(=O)C3CC3)cc2)C1. The van der Waals surface area contributed by atoms with Crippen molar-refractivity contribution >= 4 is 23.5 Å². The van der Waals surface area contributed by atoms with Crippen LogP contribution in [0.25, 0.3) is 0 Å². The lowest BCUT2D eigenvalue weighted by Crippen LogP contribution is -2.29. The van der Waals surface area contributed by atoms with Gasteiger partial charge in [0.1, 0.15) is 0 Å². The molecule has 1 aliphatic carbocycles. The van der Waals surface area contributed by atoms with E-state index in [-0.39, 0.29) is 24.3 Å². The van der Waals surface area contributed by atoms with Gasteiger partial charge >= 0.3 is 5.97 Å². The molecule has 6 nitrogen and oxygen atoms in total. The van der Waals surface area contributed by atoms with Crippen molar-refractivity contribution < 1.29 is 19.5 Å². The number of hydrogen-bond donors (Lipinski definition) is 2. The van der Waals surface area contributed by atoms with Crippen LogP contribution in [-0.4, -0.2) is 40.9 Å². The summed E-state index contributed by atoms with van der Waals surface area (Å²) in [4.78, 5) is 36.5. The van der Waals surface area contributed by atoms with Crippen LogP contribution >= 0.6 is 0 Å². The predicted octanol–water partition coefficient (Wildman–Crippen LogP) is 1.58. The molecule has 1 heterocycles. The Morgan fingerprint density at radius 1 is 1.05 bits per heavy atom. The molecule has 1 saturated heterocycles. The van der Waals surface area contributed by atoms with Crippen molar-refractivity contribution in [3.8, 4) is 0 Å². The maximum Gasteiger partial charge on any atom is 0.308 e. The van der Waals surface area contributed by atoms with Gasteiger partial charge in [-0.2, -0.15) is 0 Å². The van der Waals surface area contributed by atoms with Crippen molar-refractivity contribution in [2.24, 2.45) is 11.8 Å². The number of likely N-dealkylation sites (tertiary alicyclic amines) is 1. The lowest BCUT2D eigenvalue weighted by Gasteiger charge is -2.16. The number of benzene rings is 1. The van der Waals surface area contributed by atoms with E-state index in [9.17, 15) is 14.4 Å². The molecule has 1 unspecified atom stereocenters. The molecule has 2 aliphatic rings. The zero-order chi connectivity index (χ0) is 15.7. The van der Waals surface area contributed by atoms with Crippen molar-refractivity contribution in [1.82, 2.24) is 4.90 Å². The summed E-state index contributed by atoms with van der Waals surface area (Å²) in [7, 11) is 0. The van der Waals surface area contributed by atoms with E-state index < -0.39 is 11.9 Å². The van der Waals surface area contributed by atoms with E-state index >= 15 is 0 Å². The van der Waals surface area contributed by atoms with Crippen LogP contribution in [0, 0.1) is 11.8 Å². The van der Waals surface area contributed by atoms with Crippen molar-refractivity contribution in [3.05, 3.63) is 29.8 Å². The number of hydrogen-bond acceptors (Lipinski definition) is 3. The average molecular weight is 302 g/mol. The fourth-order valence-corrected chi connectivity index (χ4v) is 2.61. The molecule has 2 amide bonds. The fraction of sp³-hybridized carbons (Fsp3) is 0.438. The first-order valence-electron chi connectivity index (χ1n) is 7.47. The molecule has 1 saturated carbocycles. The summed E-state index contributed by atoms with van der Waals surface area (Å²) in [5.41, 5.74) is 1.19. The van der Waals surface area contributed by atoms with Gasteiger partial charge in [0.25, 0.3) is 5.91 Å². The van der Waals surface area contributed by atoms with E-state index in [1.54, 1.807) is 29.2 Å².